The lowest BCUT2D eigenvalue weighted by molar-refractivity contribution is 0.570. The van der Waals surface area contributed by atoms with Gasteiger partial charge < -0.3 is 4.98 Å². The minimum atomic E-state index is -3.70. The van der Waals surface area contributed by atoms with Crippen LogP contribution in [-0.2, 0) is 22.9 Å². The lowest BCUT2D eigenvalue weighted by Crippen LogP contribution is -2.29. The summed E-state index contributed by atoms with van der Waals surface area (Å²) in [5.41, 5.74) is 4.99. The van der Waals surface area contributed by atoms with Gasteiger partial charge in [0.15, 0.2) is 0 Å². The molecule has 0 amide bonds. The van der Waals surface area contributed by atoms with Crippen LogP contribution in [0, 0.1) is 6.92 Å². The Morgan fingerprint density at radius 2 is 1.68 bits per heavy atom. The number of benzene rings is 2. The summed E-state index contributed by atoms with van der Waals surface area (Å²) in [6, 6.07) is 15.6. The number of allylic oxidation sites excluding steroid dienone is 2. The molecule has 0 spiro atoms. The van der Waals surface area contributed by atoms with Gasteiger partial charge in [-0.15, -0.1) is 0 Å². The van der Waals surface area contributed by atoms with Crippen LogP contribution in [0.3, 0.4) is 0 Å². The molecular weight excluding hydrogens is 392 g/mol. The second-order valence-electron chi connectivity index (χ2n) is 7.03. The summed E-state index contributed by atoms with van der Waals surface area (Å²) < 4.78 is 29.0. The Kier molecular flexibility index (Phi) is 5.15. The normalized spacial score (nSPS) is 14.6. The molecular formula is C22H21ClN2O2S. The molecule has 0 saturated heterocycles. The smallest absolute Gasteiger partial charge is 0.241 e. The lowest BCUT2D eigenvalue weighted by Gasteiger charge is -2.19. The number of halogens is 1. The van der Waals surface area contributed by atoms with E-state index in [2.05, 4.69) is 27.9 Å². The van der Waals surface area contributed by atoms with Crippen molar-refractivity contribution in [2.45, 2.75) is 30.7 Å². The molecule has 2 aromatic carbocycles. The summed E-state index contributed by atoms with van der Waals surface area (Å²) in [4.78, 5) is 3.66. The number of H-pyrrole nitrogens is 1. The van der Waals surface area contributed by atoms with Crippen LogP contribution in [0.5, 0.6) is 0 Å². The molecule has 3 aromatic rings. The Morgan fingerprint density at radius 1 is 1.00 bits per heavy atom. The van der Waals surface area contributed by atoms with Crippen molar-refractivity contribution in [1.82, 2.24) is 9.71 Å². The summed E-state index contributed by atoms with van der Waals surface area (Å²) in [6.07, 6.45) is 5.93. The molecule has 0 fully saturated rings. The van der Waals surface area contributed by atoms with Crippen molar-refractivity contribution in [3.63, 3.8) is 0 Å². The largest absolute Gasteiger partial charge is 0.360 e. The molecule has 6 heteroatoms. The van der Waals surface area contributed by atoms with Gasteiger partial charge in [-0.25, -0.2) is 8.42 Å². The first-order valence-electron chi connectivity index (χ1n) is 9.12. The van der Waals surface area contributed by atoms with Crippen LogP contribution in [0.1, 0.15) is 34.1 Å². The molecule has 0 bridgehead atoms. The van der Waals surface area contributed by atoms with E-state index < -0.39 is 16.1 Å². The third-order valence-electron chi connectivity index (χ3n) is 4.96. The number of rotatable bonds is 5. The van der Waals surface area contributed by atoms with Gasteiger partial charge in [0.25, 0.3) is 0 Å². The zero-order chi connectivity index (χ0) is 19.7. The average Bonchev–Trinajstić information content (AvgIpc) is 3.11. The summed E-state index contributed by atoms with van der Waals surface area (Å²) in [7, 11) is -3.70. The highest BCUT2D eigenvalue weighted by atomic mass is 35.5. The van der Waals surface area contributed by atoms with Crippen LogP contribution in [0.2, 0.25) is 5.02 Å². The van der Waals surface area contributed by atoms with Gasteiger partial charge in [0, 0.05) is 22.8 Å². The number of aryl methyl sites for hydroxylation is 1. The van der Waals surface area contributed by atoms with Gasteiger partial charge in [-0.3, -0.25) is 0 Å². The van der Waals surface area contributed by atoms with Crippen LogP contribution in [-0.4, -0.2) is 13.4 Å². The van der Waals surface area contributed by atoms with Crippen LogP contribution >= 0.6 is 11.6 Å². The van der Waals surface area contributed by atoms with Gasteiger partial charge >= 0.3 is 0 Å². The molecule has 0 aliphatic heterocycles. The van der Waals surface area contributed by atoms with Crippen molar-refractivity contribution in [1.29, 1.82) is 0 Å². The van der Waals surface area contributed by atoms with Crippen molar-refractivity contribution in [3.05, 3.63) is 99.9 Å². The Labute approximate surface area is 170 Å². The number of hydrogen-bond donors (Lipinski definition) is 2. The molecule has 1 unspecified atom stereocenters. The van der Waals surface area contributed by atoms with E-state index >= 15 is 0 Å². The molecule has 4 rings (SSSR count). The van der Waals surface area contributed by atoms with E-state index in [1.165, 1.54) is 5.56 Å². The van der Waals surface area contributed by atoms with Crippen LogP contribution < -0.4 is 4.72 Å². The maximum atomic E-state index is 13.0. The second-order valence-corrected chi connectivity index (χ2v) is 9.18. The summed E-state index contributed by atoms with van der Waals surface area (Å²) in [5.74, 6) is 0. The molecule has 1 atom stereocenters. The van der Waals surface area contributed by atoms with Gasteiger partial charge in [-0.1, -0.05) is 53.6 Å². The van der Waals surface area contributed by atoms with E-state index in [1.54, 1.807) is 36.4 Å². The van der Waals surface area contributed by atoms with Crippen molar-refractivity contribution in [2.24, 2.45) is 0 Å². The average molecular weight is 413 g/mol. The van der Waals surface area contributed by atoms with E-state index in [4.69, 9.17) is 11.6 Å². The van der Waals surface area contributed by atoms with Crippen molar-refractivity contribution >= 4 is 21.6 Å². The molecule has 28 heavy (non-hydrogen) atoms. The minimum Gasteiger partial charge on any atom is -0.360 e. The maximum Gasteiger partial charge on any atom is 0.241 e. The van der Waals surface area contributed by atoms with Crippen LogP contribution in [0.25, 0.3) is 0 Å². The zero-order valence-corrected chi connectivity index (χ0v) is 17.0. The fourth-order valence-electron chi connectivity index (χ4n) is 3.40. The monoisotopic (exact) mass is 412 g/mol. The summed E-state index contributed by atoms with van der Waals surface area (Å²) in [6.45, 7) is 1.93. The molecule has 1 aromatic heterocycles. The van der Waals surface area contributed by atoms with Gasteiger partial charge in [0.05, 0.1) is 10.9 Å². The fourth-order valence-corrected chi connectivity index (χ4v) is 4.73. The number of fused-ring (bicyclic) bond motifs is 1. The fraction of sp³-hybridized carbons (Fsp3) is 0.182. The molecule has 0 radical (unpaired) electrons. The number of aromatic amines is 1. The van der Waals surface area contributed by atoms with Gasteiger partial charge in [0.1, 0.15) is 0 Å². The van der Waals surface area contributed by atoms with E-state index in [9.17, 15) is 8.42 Å². The molecule has 1 aliphatic rings. The van der Waals surface area contributed by atoms with Crippen LogP contribution in [0.15, 0.2) is 71.6 Å². The first kappa shape index (κ1) is 19.0. The summed E-state index contributed by atoms with van der Waals surface area (Å²) >= 11 is 6.03. The Bertz CT molecular complexity index is 1090. The number of nitrogens with one attached hydrogen (secondary N) is 2. The number of sulfonamides is 1. The third-order valence-corrected chi connectivity index (χ3v) is 6.65. The number of hydrogen-bond acceptors (Lipinski definition) is 2. The molecule has 4 nitrogen and oxygen atoms in total. The van der Waals surface area contributed by atoms with E-state index in [0.29, 0.717) is 5.02 Å². The topological polar surface area (TPSA) is 62.0 Å². The van der Waals surface area contributed by atoms with Gasteiger partial charge in [0.2, 0.25) is 10.0 Å². The summed E-state index contributed by atoms with van der Waals surface area (Å²) in [5, 5.41) is 0.610. The highest BCUT2D eigenvalue weighted by molar-refractivity contribution is 7.89. The standard InChI is InChI=1S/C22H21ClN2O2S/c1-15-6-12-19(13-7-15)28(26,27)25-22(16-8-10-18(23)11-9-16)21-14-17-4-2-3-5-20(17)24-21/h2-3,6-14,22,24-25H,4-5H2,1H3. The first-order chi connectivity index (χ1) is 13.4. The van der Waals surface area contributed by atoms with Crippen molar-refractivity contribution in [3.8, 4) is 0 Å². The van der Waals surface area contributed by atoms with E-state index in [1.807, 2.05) is 19.1 Å². The molecule has 1 aliphatic carbocycles. The highest BCUT2D eigenvalue weighted by Crippen LogP contribution is 2.28. The zero-order valence-electron chi connectivity index (χ0n) is 15.4. The highest BCUT2D eigenvalue weighted by Gasteiger charge is 2.25. The second kappa shape index (κ2) is 7.59. The predicted molar refractivity (Wildman–Crippen MR) is 112 cm³/mol. The maximum absolute atomic E-state index is 13.0. The minimum absolute atomic E-state index is 0.245. The predicted octanol–water partition coefficient (Wildman–Crippen LogP) is 4.70. The first-order valence-corrected chi connectivity index (χ1v) is 11.0. The van der Waals surface area contributed by atoms with E-state index in [0.717, 1.165) is 35.4 Å². The van der Waals surface area contributed by atoms with Gasteiger partial charge in [-0.05, 0) is 54.8 Å². The number of aromatic nitrogens is 1. The lowest BCUT2D eigenvalue weighted by atomic mass is 10.0. The Hall–Kier alpha value is -2.34. The van der Waals surface area contributed by atoms with Crippen molar-refractivity contribution < 1.29 is 8.42 Å². The van der Waals surface area contributed by atoms with Gasteiger partial charge in [-0.2, -0.15) is 4.72 Å². The van der Waals surface area contributed by atoms with E-state index in [-0.39, 0.29) is 4.90 Å². The third kappa shape index (κ3) is 3.92. The Morgan fingerprint density at radius 3 is 2.36 bits per heavy atom. The Balaban J connectivity index is 1.74. The molecule has 2 N–H and O–H groups in total. The molecule has 0 saturated carbocycles. The quantitative estimate of drug-likeness (QED) is 0.596. The SMILES string of the molecule is Cc1ccc(S(=O)(=O)NC(c2ccc(Cl)cc2)c2cc3c([nH]2)CC=CC3)cc1. The molecule has 144 valence electrons. The van der Waals surface area contributed by atoms with Crippen molar-refractivity contribution in [2.75, 3.05) is 0 Å². The van der Waals surface area contributed by atoms with Crippen LogP contribution in [0.4, 0.5) is 0 Å². The molecule has 1 heterocycles.